The number of nitrogens with zero attached hydrogens (tertiary/aromatic N) is 1. The van der Waals surface area contributed by atoms with Crippen molar-refractivity contribution in [3.63, 3.8) is 0 Å². The molecule has 1 saturated heterocycles. The predicted octanol–water partition coefficient (Wildman–Crippen LogP) is -0.312. The summed E-state index contributed by atoms with van der Waals surface area (Å²) in [5.41, 5.74) is 6.08. The average Bonchev–Trinajstić information content (AvgIpc) is 2.18. The van der Waals surface area contributed by atoms with Crippen LogP contribution in [0.25, 0.3) is 0 Å². The first-order valence-electron chi connectivity index (χ1n) is 5.54. The van der Waals surface area contributed by atoms with Crippen LogP contribution in [0.5, 0.6) is 0 Å². The van der Waals surface area contributed by atoms with Gasteiger partial charge in [-0.05, 0) is 12.8 Å². The van der Waals surface area contributed by atoms with E-state index in [0.29, 0.717) is 12.6 Å². The van der Waals surface area contributed by atoms with Crippen LogP contribution in [0.2, 0.25) is 0 Å². The predicted molar refractivity (Wildman–Crippen MR) is 54.8 cm³/mol. The van der Waals surface area contributed by atoms with E-state index >= 15 is 0 Å². The van der Waals surface area contributed by atoms with Crippen LogP contribution in [0.3, 0.4) is 0 Å². The molecule has 14 heavy (non-hydrogen) atoms. The molecule has 4 nitrogen and oxygen atoms in total. The third-order valence-electron chi connectivity index (χ3n) is 3.32. The normalized spacial score (nSPS) is 35.4. The van der Waals surface area contributed by atoms with Crippen molar-refractivity contribution in [2.75, 3.05) is 19.6 Å². The highest BCUT2D eigenvalue weighted by molar-refractivity contribution is 5.78. The molecule has 3 N–H and O–H groups in total. The molecule has 2 atom stereocenters. The molecule has 1 amide bonds. The third-order valence-corrected chi connectivity index (χ3v) is 3.32. The molecule has 80 valence electrons. The molecule has 1 saturated carbocycles. The van der Waals surface area contributed by atoms with Crippen molar-refractivity contribution in [1.29, 1.82) is 0 Å². The van der Waals surface area contributed by atoms with Crippen LogP contribution in [0.4, 0.5) is 0 Å². The zero-order valence-corrected chi connectivity index (χ0v) is 8.54. The highest BCUT2D eigenvalue weighted by Crippen LogP contribution is 2.22. The van der Waals surface area contributed by atoms with Crippen LogP contribution >= 0.6 is 0 Å². The quantitative estimate of drug-likeness (QED) is 0.606. The molecule has 1 aliphatic carbocycles. The number of nitrogens with one attached hydrogen (secondary N) is 1. The lowest BCUT2D eigenvalue weighted by molar-refractivity contribution is -0.125. The lowest BCUT2D eigenvalue weighted by atomic mass is 9.89. The van der Waals surface area contributed by atoms with Crippen LogP contribution in [0.15, 0.2) is 0 Å². The summed E-state index contributed by atoms with van der Waals surface area (Å²) < 4.78 is 0. The van der Waals surface area contributed by atoms with Crippen LogP contribution in [-0.4, -0.2) is 42.5 Å². The molecule has 1 aliphatic heterocycles. The van der Waals surface area contributed by atoms with Gasteiger partial charge in [0.25, 0.3) is 0 Å². The van der Waals surface area contributed by atoms with Crippen molar-refractivity contribution >= 4 is 5.91 Å². The molecule has 0 aromatic carbocycles. The molecule has 2 aliphatic rings. The lowest BCUT2D eigenvalue weighted by Gasteiger charge is -2.39. The molecule has 0 radical (unpaired) electrons. The average molecular weight is 197 g/mol. The zero-order valence-electron chi connectivity index (χ0n) is 8.54. The monoisotopic (exact) mass is 197 g/mol. The van der Waals surface area contributed by atoms with Gasteiger partial charge in [-0.15, -0.1) is 0 Å². The number of carbonyl (C=O) groups is 1. The highest BCUT2D eigenvalue weighted by Gasteiger charge is 2.30. The van der Waals surface area contributed by atoms with Crippen LogP contribution in [0.1, 0.15) is 25.7 Å². The summed E-state index contributed by atoms with van der Waals surface area (Å²) in [6, 6.07) is 0.712. The standard InChI is InChI=1S/C10H19N3O/c11-8-3-1-2-4-9(8)13-6-5-12-10(14)7-13/h8-9H,1-7,11H2,(H,12,14). The summed E-state index contributed by atoms with van der Waals surface area (Å²) in [6.45, 7) is 2.28. The van der Waals surface area contributed by atoms with Crippen molar-refractivity contribution in [2.24, 2.45) is 5.73 Å². The summed E-state index contributed by atoms with van der Waals surface area (Å²) in [5, 5.41) is 2.84. The van der Waals surface area contributed by atoms with E-state index in [1.165, 1.54) is 12.8 Å². The summed E-state index contributed by atoms with van der Waals surface area (Å²) in [7, 11) is 0. The van der Waals surface area contributed by atoms with Gasteiger partial charge in [-0.1, -0.05) is 12.8 Å². The lowest BCUT2D eigenvalue weighted by Crippen LogP contribution is -2.57. The Hall–Kier alpha value is -0.610. The van der Waals surface area contributed by atoms with E-state index in [4.69, 9.17) is 5.73 Å². The van der Waals surface area contributed by atoms with Crippen LogP contribution in [0, 0.1) is 0 Å². The van der Waals surface area contributed by atoms with Gasteiger partial charge in [0.1, 0.15) is 0 Å². The minimum absolute atomic E-state index is 0.147. The summed E-state index contributed by atoms with van der Waals surface area (Å²) in [4.78, 5) is 13.5. The summed E-state index contributed by atoms with van der Waals surface area (Å²) >= 11 is 0. The fourth-order valence-electron chi connectivity index (χ4n) is 2.53. The van der Waals surface area contributed by atoms with Crippen molar-refractivity contribution in [1.82, 2.24) is 10.2 Å². The number of nitrogens with two attached hydrogens (primary N) is 1. The second kappa shape index (κ2) is 4.28. The first-order valence-corrected chi connectivity index (χ1v) is 5.54. The maximum Gasteiger partial charge on any atom is 0.234 e. The maximum atomic E-state index is 11.2. The Balaban J connectivity index is 1.94. The first kappa shape index (κ1) is 9.93. The van der Waals surface area contributed by atoms with Crippen molar-refractivity contribution < 1.29 is 4.79 Å². The SMILES string of the molecule is NC1CCCCC1N1CCNC(=O)C1. The Morgan fingerprint density at radius 1 is 1.36 bits per heavy atom. The molecule has 2 fully saturated rings. The van der Waals surface area contributed by atoms with E-state index in [-0.39, 0.29) is 11.9 Å². The van der Waals surface area contributed by atoms with Crippen LogP contribution in [-0.2, 0) is 4.79 Å². The maximum absolute atomic E-state index is 11.2. The number of carbonyl (C=O) groups excluding carboxylic acids is 1. The smallest absolute Gasteiger partial charge is 0.234 e. The summed E-state index contributed by atoms with van der Waals surface area (Å²) in [6.07, 6.45) is 4.78. The zero-order chi connectivity index (χ0) is 9.97. The fraction of sp³-hybridized carbons (Fsp3) is 0.900. The highest BCUT2D eigenvalue weighted by atomic mass is 16.2. The molecule has 2 unspecified atom stereocenters. The van der Waals surface area contributed by atoms with Gasteiger partial charge in [0.2, 0.25) is 5.91 Å². The second-order valence-electron chi connectivity index (χ2n) is 4.34. The molecule has 4 heteroatoms. The largest absolute Gasteiger partial charge is 0.354 e. The van der Waals surface area contributed by atoms with E-state index in [9.17, 15) is 4.79 Å². The summed E-state index contributed by atoms with van der Waals surface area (Å²) in [5.74, 6) is 0.147. The Labute approximate surface area is 84.8 Å². The number of hydrogen-bond acceptors (Lipinski definition) is 3. The second-order valence-corrected chi connectivity index (χ2v) is 4.34. The number of piperazine rings is 1. The van der Waals surface area contributed by atoms with Gasteiger partial charge in [-0.3, -0.25) is 9.69 Å². The molecule has 0 bridgehead atoms. The minimum Gasteiger partial charge on any atom is -0.354 e. The van der Waals surface area contributed by atoms with Crippen molar-refractivity contribution in [3.8, 4) is 0 Å². The van der Waals surface area contributed by atoms with E-state index in [1.54, 1.807) is 0 Å². The van der Waals surface area contributed by atoms with Gasteiger partial charge in [0.05, 0.1) is 6.54 Å². The van der Waals surface area contributed by atoms with Gasteiger partial charge >= 0.3 is 0 Å². The molecule has 0 spiro atoms. The van der Waals surface area contributed by atoms with Crippen molar-refractivity contribution in [3.05, 3.63) is 0 Å². The van der Waals surface area contributed by atoms with E-state index in [1.807, 2.05) is 0 Å². The van der Waals surface area contributed by atoms with Gasteiger partial charge in [0.15, 0.2) is 0 Å². The molecule has 2 rings (SSSR count). The Morgan fingerprint density at radius 2 is 2.14 bits per heavy atom. The molecule has 0 aromatic heterocycles. The Kier molecular flexibility index (Phi) is 3.03. The number of hydrogen-bond donors (Lipinski definition) is 2. The molecule has 1 heterocycles. The van der Waals surface area contributed by atoms with Gasteiger partial charge in [0, 0.05) is 25.2 Å². The van der Waals surface area contributed by atoms with E-state index in [2.05, 4.69) is 10.2 Å². The number of rotatable bonds is 1. The van der Waals surface area contributed by atoms with Crippen LogP contribution < -0.4 is 11.1 Å². The van der Waals surface area contributed by atoms with Gasteiger partial charge in [-0.2, -0.15) is 0 Å². The third kappa shape index (κ3) is 2.07. The fourth-order valence-corrected chi connectivity index (χ4v) is 2.53. The molecule has 0 aromatic rings. The van der Waals surface area contributed by atoms with Gasteiger partial charge in [-0.25, -0.2) is 0 Å². The number of amides is 1. The Morgan fingerprint density at radius 3 is 2.86 bits per heavy atom. The topological polar surface area (TPSA) is 58.4 Å². The molecular formula is C10H19N3O. The first-order chi connectivity index (χ1) is 6.77. The molecular weight excluding hydrogens is 178 g/mol. The Bertz CT molecular complexity index is 219. The van der Waals surface area contributed by atoms with E-state index in [0.717, 1.165) is 25.9 Å². The van der Waals surface area contributed by atoms with Crippen molar-refractivity contribution in [2.45, 2.75) is 37.8 Å². The van der Waals surface area contributed by atoms with Gasteiger partial charge < -0.3 is 11.1 Å². The van der Waals surface area contributed by atoms with E-state index < -0.39 is 0 Å². The minimum atomic E-state index is 0.147.